The van der Waals surface area contributed by atoms with E-state index in [0.717, 1.165) is 24.1 Å². The number of alkyl halides is 1. The predicted molar refractivity (Wildman–Crippen MR) is 123 cm³/mol. The SMILES string of the molecule is C[C@]1(O)[C@H](N2C=CC(=O)NC2O)O[C@]2(CF)C(OP(=O)(OCOC(=O)OC3COC3)OCOC(=O)OC3COC3)[C@]12O. The number of carbonyl (C=O) groups is 3. The van der Waals surface area contributed by atoms with Gasteiger partial charge in [0.15, 0.2) is 29.6 Å². The lowest BCUT2D eigenvalue weighted by Gasteiger charge is -2.42. The average molecular weight is 630 g/mol. The Bertz CT molecular complexity index is 1110. The summed E-state index contributed by atoms with van der Waals surface area (Å²) in [6.07, 6.45) is -6.85. The smallest absolute Gasteiger partial charge is 0.426 e. The van der Waals surface area contributed by atoms with Crippen molar-refractivity contribution in [1.82, 2.24) is 10.2 Å². The molecule has 0 aromatic carbocycles. The lowest BCUT2D eigenvalue weighted by molar-refractivity contribution is -0.212. The van der Waals surface area contributed by atoms with E-state index in [-0.39, 0.29) is 26.4 Å². The minimum Gasteiger partial charge on any atom is -0.426 e. The van der Waals surface area contributed by atoms with Crippen LogP contribution in [0.3, 0.4) is 0 Å². The van der Waals surface area contributed by atoms with Gasteiger partial charge in [-0.1, -0.05) is 0 Å². The van der Waals surface area contributed by atoms with E-state index in [1.807, 2.05) is 0 Å². The maximum Gasteiger partial charge on any atom is 0.510 e. The van der Waals surface area contributed by atoms with Crippen LogP contribution in [0.25, 0.3) is 0 Å². The molecule has 4 aliphatic heterocycles. The van der Waals surface area contributed by atoms with Crippen LogP contribution < -0.4 is 5.32 Å². The van der Waals surface area contributed by atoms with Crippen LogP contribution in [0.2, 0.25) is 0 Å². The van der Waals surface area contributed by atoms with Crippen LogP contribution in [-0.2, 0) is 56.1 Å². The third-order valence-corrected chi connectivity index (χ3v) is 8.42. The lowest BCUT2D eigenvalue weighted by atomic mass is 9.93. The summed E-state index contributed by atoms with van der Waals surface area (Å²) in [7, 11) is -5.03. The van der Waals surface area contributed by atoms with Gasteiger partial charge in [-0.15, -0.1) is 0 Å². The molecule has 19 nitrogen and oxygen atoms in total. The first kappa shape index (κ1) is 30.8. The highest BCUT2D eigenvalue weighted by molar-refractivity contribution is 7.48. The maximum atomic E-state index is 14.5. The number of aliphatic hydroxyl groups excluding tert-OH is 1. The highest BCUT2D eigenvalue weighted by Crippen LogP contribution is 2.70. The number of phosphoric ester groups is 1. The summed E-state index contributed by atoms with van der Waals surface area (Å²) in [4.78, 5) is 36.0. The third kappa shape index (κ3) is 5.43. The van der Waals surface area contributed by atoms with Crippen LogP contribution >= 0.6 is 7.82 Å². The summed E-state index contributed by atoms with van der Waals surface area (Å²) in [6, 6.07) is 0. The van der Waals surface area contributed by atoms with Crippen molar-refractivity contribution in [3.63, 3.8) is 0 Å². The molecule has 0 bridgehead atoms. The van der Waals surface area contributed by atoms with Crippen LogP contribution in [0.1, 0.15) is 6.92 Å². The molecule has 6 atom stereocenters. The summed E-state index contributed by atoms with van der Waals surface area (Å²) in [5, 5.41) is 35.0. The van der Waals surface area contributed by atoms with E-state index in [9.17, 15) is 38.7 Å². The van der Waals surface area contributed by atoms with E-state index < -0.39 is 94.0 Å². The van der Waals surface area contributed by atoms with E-state index in [1.165, 1.54) is 0 Å². The summed E-state index contributed by atoms with van der Waals surface area (Å²) < 4.78 is 77.4. The zero-order chi connectivity index (χ0) is 30.3. The molecule has 1 saturated carbocycles. The molecule has 3 saturated heterocycles. The van der Waals surface area contributed by atoms with Crippen LogP contribution in [-0.4, -0.2) is 133 Å². The molecule has 2 unspecified atom stereocenters. The van der Waals surface area contributed by atoms with Gasteiger partial charge >= 0.3 is 20.1 Å². The van der Waals surface area contributed by atoms with Gasteiger partial charge in [-0.25, -0.2) is 27.6 Å². The van der Waals surface area contributed by atoms with Gasteiger partial charge in [0.1, 0.15) is 18.4 Å². The average Bonchev–Trinajstić information content (AvgIpc) is 3.32. The van der Waals surface area contributed by atoms with Crippen LogP contribution in [0, 0.1) is 0 Å². The summed E-state index contributed by atoms with van der Waals surface area (Å²) in [5.41, 5.74) is -7.46. The van der Waals surface area contributed by atoms with Gasteiger partial charge in [0.25, 0.3) is 0 Å². The third-order valence-electron chi connectivity index (χ3n) is 7.11. The van der Waals surface area contributed by atoms with Crippen molar-refractivity contribution >= 4 is 26.0 Å². The largest absolute Gasteiger partial charge is 0.510 e. The molecule has 4 fully saturated rings. The Labute approximate surface area is 235 Å². The molecule has 0 aromatic heterocycles. The fourth-order valence-corrected chi connectivity index (χ4v) is 5.76. The highest BCUT2D eigenvalue weighted by Gasteiger charge is 2.94. The Morgan fingerprint density at radius 1 is 1.10 bits per heavy atom. The number of rotatable bonds is 12. The second-order valence-corrected chi connectivity index (χ2v) is 11.4. The molecular formula is C21H28FN2O17P. The molecule has 5 aliphatic rings. The number of hydrogen-bond donors (Lipinski definition) is 4. The van der Waals surface area contributed by atoms with Gasteiger partial charge in [0.05, 0.1) is 26.4 Å². The van der Waals surface area contributed by atoms with E-state index in [0.29, 0.717) is 0 Å². The maximum absolute atomic E-state index is 14.5. The molecule has 4 heterocycles. The quantitative estimate of drug-likeness (QED) is 0.107. The first-order valence-corrected chi connectivity index (χ1v) is 13.8. The highest BCUT2D eigenvalue weighted by atomic mass is 31.2. The molecule has 5 rings (SSSR count). The van der Waals surface area contributed by atoms with Crippen molar-refractivity contribution in [3.05, 3.63) is 12.3 Å². The molecule has 236 valence electrons. The summed E-state index contributed by atoms with van der Waals surface area (Å²) >= 11 is 0. The molecule has 0 radical (unpaired) electrons. The zero-order valence-corrected chi connectivity index (χ0v) is 22.7. The Balaban J connectivity index is 1.26. The van der Waals surface area contributed by atoms with Crippen molar-refractivity contribution in [2.45, 2.75) is 54.6 Å². The molecule has 1 amide bonds. The number of ether oxygens (including phenoxy) is 7. The first-order valence-electron chi connectivity index (χ1n) is 12.4. The molecule has 4 N–H and O–H groups in total. The number of amides is 1. The van der Waals surface area contributed by atoms with E-state index in [2.05, 4.69) is 14.8 Å². The van der Waals surface area contributed by atoms with Gasteiger partial charge in [0.2, 0.25) is 25.8 Å². The summed E-state index contributed by atoms with van der Waals surface area (Å²) in [5.74, 6) is -0.670. The Morgan fingerprint density at radius 2 is 1.64 bits per heavy atom. The van der Waals surface area contributed by atoms with Gasteiger partial charge in [-0.2, -0.15) is 0 Å². The van der Waals surface area contributed by atoms with Crippen molar-refractivity contribution in [3.8, 4) is 0 Å². The van der Waals surface area contributed by atoms with E-state index >= 15 is 0 Å². The topological polar surface area (TPSA) is 237 Å². The number of halogens is 1. The second kappa shape index (κ2) is 11.5. The fraction of sp³-hybridized carbons (Fsp3) is 0.762. The molecule has 21 heteroatoms. The number of aliphatic hydroxyl groups is 3. The summed E-state index contributed by atoms with van der Waals surface area (Å²) in [6.45, 7) is -2.13. The van der Waals surface area contributed by atoms with Gasteiger partial charge in [0, 0.05) is 12.3 Å². The van der Waals surface area contributed by atoms with Crippen LogP contribution in [0.5, 0.6) is 0 Å². The zero-order valence-electron chi connectivity index (χ0n) is 21.8. The molecular weight excluding hydrogens is 602 g/mol. The monoisotopic (exact) mass is 630 g/mol. The molecule has 1 aliphatic carbocycles. The first-order chi connectivity index (χ1) is 19.8. The number of nitrogens with zero attached hydrogens (tertiary/aromatic N) is 1. The minimum absolute atomic E-state index is 0.143. The number of fused-ring (bicyclic) bond motifs is 1. The van der Waals surface area contributed by atoms with Crippen molar-refractivity contribution in [2.75, 3.05) is 46.7 Å². The normalized spacial score (nSPS) is 35.9. The van der Waals surface area contributed by atoms with Crippen LogP contribution in [0.15, 0.2) is 12.3 Å². The molecule has 0 aromatic rings. The molecule has 42 heavy (non-hydrogen) atoms. The van der Waals surface area contributed by atoms with Gasteiger partial charge in [-0.3, -0.25) is 9.32 Å². The van der Waals surface area contributed by atoms with Crippen LogP contribution in [0.4, 0.5) is 14.0 Å². The number of nitrogens with one attached hydrogen (secondary N) is 1. The number of carbonyl (C=O) groups excluding carboxylic acids is 3. The number of hydrogen-bond acceptors (Lipinski definition) is 18. The van der Waals surface area contributed by atoms with Crippen molar-refractivity contribution in [2.24, 2.45) is 0 Å². The Morgan fingerprint density at radius 3 is 2.07 bits per heavy atom. The molecule has 0 spiro atoms. The van der Waals surface area contributed by atoms with E-state index in [4.69, 9.17) is 37.3 Å². The van der Waals surface area contributed by atoms with Crippen molar-refractivity contribution in [1.29, 1.82) is 0 Å². The second-order valence-electron chi connectivity index (χ2n) is 9.82. The fourth-order valence-electron chi connectivity index (χ4n) is 4.62. The standard InChI is InChI=1S/C21H28FN2O17P/c1-19(29)15(24-3-2-13(25)23-16(24)26)40-20(8-22)14(21(19,20)30)41-42(31,36-9-34-17(27)38-11-4-32-5-11)37-10-35-18(28)39-12-6-33-7-12/h2-3,11-12,14-16,26,29-30H,4-10H2,1H3,(H,23,25)/t14?,15-,16?,19+,20-,21+/m1/s1. The van der Waals surface area contributed by atoms with Crippen molar-refractivity contribution < 1.29 is 85.4 Å². The predicted octanol–water partition coefficient (Wildman–Crippen LogP) is -1.69. The van der Waals surface area contributed by atoms with Gasteiger partial charge < -0.3 is 58.7 Å². The van der Waals surface area contributed by atoms with E-state index in [1.54, 1.807) is 0 Å². The Kier molecular flexibility index (Phi) is 8.40. The number of phosphoric acid groups is 1. The minimum atomic E-state index is -5.03. The Hall–Kier alpha value is -2.65. The lowest BCUT2D eigenvalue weighted by Crippen LogP contribution is -2.62. The van der Waals surface area contributed by atoms with Gasteiger partial charge in [-0.05, 0) is 6.92 Å².